The Balaban J connectivity index is 2.93. The Morgan fingerprint density at radius 2 is 1.56 bits per heavy atom. The van der Waals surface area contributed by atoms with E-state index in [0.29, 0.717) is 5.56 Å². The number of carbonyl (C=O) groups excluding carboxylic acids is 2. The van der Waals surface area contributed by atoms with Gasteiger partial charge in [-0.1, -0.05) is 64.7 Å². The predicted molar refractivity (Wildman–Crippen MR) is 103 cm³/mol. The first kappa shape index (κ1) is 21.4. The summed E-state index contributed by atoms with van der Waals surface area (Å²) in [6.07, 6.45) is 3.35. The lowest BCUT2D eigenvalue weighted by atomic mass is 9.90. The molecule has 140 valence electrons. The fraction of sp³-hybridized carbons (Fsp3) is 0.636. The van der Waals surface area contributed by atoms with Gasteiger partial charge < -0.3 is 4.74 Å². The summed E-state index contributed by atoms with van der Waals surface area (Å²) in [5.74, 6) is -0.565. The van der Waals surface area contributed by atoms with Gasteiger partial charge in [-0.05, 0) is 44.2 Å². The Labute approximate surface area is 153 Å². The highest BCUT2D eigenvalue weighted by Gasteiger charge is 2.30. The van der Waals surface area contributed by atoms with E-state index in [-0.39, 0.29) is 23.6 Å². The molecule has 0 saturated heterocycles. The summed E-state index contributed by atoms with van der Waals surface area (Å²) in [5.41, 5.74) is 3.71. The van der Waals surface area contributed by atoms with Crippen LogP contribution in [0.25, 0.3) is 0 Å². The molecule has 2 unspecified atom stereocenters. The van der Waals surface area contributed by atoms with E-state index >= 15 is 0 Å². The van der Waals surface area contributed by atoms with Crippen molar-refractivity contribution in [2.24, 2.45) is 11.8 Å². The monoisotopic (exact) mass is 346 g/mol. The summed E-state index contributed by atoms with van der Waals surface area (Å²) >= 11 is 0. The molecule has 3 heteroatoms. The molecule has 2 atom stereocenters. The zero-order valence-corrected chi connectivity index (χ0v) is 16.9. The summed E-state index contributed by atoms with van der Waals surface area (Å²) in [4.78, 5) is 25.5. The maximum absolute atomic E-state index is 13.1. The van der Waals surface area contributed by atoms with Gasteiger partial charge in [0.15, 0.2) is 6.10 Å². The summed E-state index contributed by atoms with van der Waals surface area (Å²) in [5, 5.41) is 0. The van der Waals surface area contributed by atoms with Crippen LogP contribution in [0.3, 0.4) is 0 Å². The van der Waals surface area contributed by atoms with Crippen LogP contribution >= 0.6 is 0 Å². The summed E-state index contributed by atoms with van der Waals surface area (Å²) in [7, 11) is 0. The van der Waals surface area contributed by atoms with Crippen LogP contribution in [0.1, 0.15) is 80.4 Å². The molecule has 1 rings (SSSR count). The minimum atomic E-state index is -0.721. The largest absolute Gasteiger partial charge is 0.453 e. The lowest BCUT2D eigenvalue weighted by Gasteiger charge is -2.24. The van der Waals surface area contributed by atoms with E-state index in [1.807, 2.05) is 53.7 Å². The molecule has 0 fully saturated rings. The number of unbranched alkanes of at least 4 members (excludes halogenated alkanes) is 2. The lowest BCUT2D eigenvalue weighted by Crippen LogP contribution is -2.35. The second-order valence-electron chi connectivity index (χ2n) is 7.64. The van der Waals surface area contributed by atoms with Gasteiger partial charge in [-0.25, -0.2) is 0 Å². The van der Waals surface area contributed by atoms with E-state index in [1.165, 1.54) is 0 Å². The van der Waals surface area contributed by atoms with Crippen LogP contribution in [0.5, 0.6) is 0 Å². The molecule has 0 spiro atoms. The first-order valence-electron chi connectivity index (χ1n) is 9.51. The van der Waals surface area contributed by atoms with Crippen LogP contribution in [-0.2, 0) is 9.53 Å². The molecule has 0 heterocycles. The number of ether oxygens (including phenoxy) is 1. The number of carbonyl (C=O) groups is 2. The highest BCUT2D eigenvalue weighted by atomic mass is 16.5. The quantitative estimate of drug-likeness (QED) is 0.333. The van der Waals surface area contributed by atoms with E-state index in [9.17, 15) is 9.59 Å². The maximum Gasteiger partial charge on any atom is 0.309 e. The Kier molecular flexibility index (Phi) is 8.34. The number of hydrogen-bond donors (Lipinski definition) is 0. The average Bonchev–Trinajstić information content (AvgIpc) is 2.50. The van der Waals surface area contributed by atoms with Gasteiger partial charge in [0.2, 0.25) is 5.78 Å². The van der Waals surface area contributed by atoms with Crippen molar-refractivity contribution in [1.82, 2.24) is 0 Å². The van der Waals surface area contributed by atoms with Gasteiger partial charge in [0.05, 0.1) is 5.92 Å². The molecule has 0 aliphatic rings. The van der Waals surface area contributed by atoms with Gasteiger partial charge in [-0.3, -0.25) is 9.59 Å². The van der Waals surface area contributed by atoms with Crippen LogP contribution < -0.4 is 0 Å². The highest BCUT2D eigenvalue weighted by molar-refractivity contribution is 6.03. The number of Topliss-reactive ketones (excluding diaryl/α,β-unsaturated/α-hetero) is 1. The third kappa shape index (κ3) is 5.98. The van der Waals surface area contributed by atoms with E-state index in [0.717, 1.165) is 42.4 Å². The molecule has 0 aromatic heterocycles. The summed E-state index contributed by atoms with van der Waals surface area (Å²) in [6.45, 7) is 13.8. The van der Waals surface area contributed by atoms with Gasteiger partial charge in [-0.2, -0.15) is 0 Å². The molecule has 0 radical (unpaired) electrons. The fourth-order valence-corrected chi connectivity index (χ4v) is 3.26. The fourth-order valence-electron chi connectivity index (χ4n) is 3.26. The Morgan fingerprint density at radius 3 is 2.04 bits per heavy atom. The van der Waals surface area contributed by atoms with Crippen molar-refractivity contribution >= 4 is 11.8 Å². The van der Waals surface area contributed by atoms with Gasteiger partial charge >= 0.3 is 5.97 Å². The van der Waals surface area contributed by atoms with E-state index in [2.05, 4.69) is 6.92 Å². The van der Waals surface area contributed by atoms with E-state index < -0.39 is 6.10 Å². The van der Waals surface area contributed by atoms with Crippen molar-refractivity contribution in [2.75, 3.05) is 0 Å². The van der Waals surface area contributed by atoms with Crippen LogP contribution in [0, 0.1) is 32.6 Å². The second kappa shape index (κ2) is 9.74. The van der Waals surface area contributed by atoms with Crippen LogP contribution in [0.2, 0.25) is 0 Å². The van der Waals surface area contributed by atoms with Gasteiger partial charge in [0, 0.05) is 5.56 Å². The zero-order chi connectivity index (χ0) is 19.1. The number of hydrogen-bond acceptors (Lipinski definition) is 3. The highest BCUT2D eigenvalue weighted by Crippen LogP contribution is 2.23. The SMILES string of the molecule is CCCCCC(C)C(=O)OC(C(=O)c1c(C)cc(C)cc1C)C(C)C. The minimum Gasteiger partial charge on any atom is -0.453 e. The van der Waals surface area contributed by atoms with Crippen molar-refractivity contribution in [3.63, 3.8) is 0 Å². The number of aryl methyl sites for hydroxylation is 3. The van der Waals surface area contributed by atoms with Crippen molar-refractivity contribution in [2.45, 2.75) is 80.3 Å². The summed E-state index contributed by atoms with van der Waals surface area (Å²) in [6, 6.07) is 4.01. The normalized spacial score (nSPS) is 13.6. The molecule has 0 N–H and O–H groups in total. The molecule has 0 aliphatic carbocycles. The zero-order valence-electron chi connectivity index (χ0n) is 16.9. The molecule has 25 heavy (non-hydrogen) atoms. The topological polar surface area (TPSA) is 43.4 Å². The van der Waals surface area contributed by atoms with Crippen molar-refractivity contribution < 1.29 is 14.3 Å². The van der Waals surface area contributed by atoms with Gasteiger partial charge in [0.25, 0.3) is 0 Å². The van der Waals surface area contributed by atoms with E-state index in [4.69, 9.17) is 4.74 Å². The summed E-state index contributed by atoms with van der Waals surface area (Å²) < 4.78 is 5.67. The second-order valence-corrected chi connectivity index (χ2v) is 7.64. The maximum atomic E-state index is 13.1. The standard InChI is InChI=1S/C22H34O3/c1-8-9-10-11-16(5)22(24)25-21(14(2)3)20(23)19-17(6)12-15(4)13-18(19)7/h12-14,16,21H,8-11H2,1-7H3. The van der Waals surface area contributed by atoms with Crippen molar-refractivity contribution in [3.05, 3.63) is 34.4 Å². The number of rotatable bonds is 9. The molecule has 3 nitrogen and oxygen atoms in total. The molecule has 0 amide bonds. The molecule has 1 aromatic carbocycles. The van der Waals surface area contributed by atoms with Crippen molar-refractivity contribution in [1.29, 1.82) is 0 Å². The Hall–Kier alpha value is -1.64. The Morgan fingerprint density at radius 1 is 1.00 bits per heavy atom. The molecule has 0 saturated carbocycles. The smallest absolute Gasteiger partial charge is 0.309 e. The van der Waals surface area contributed by atoms with E-state index in [1.54, 1.807) is 0 Å². The number of benzene rings is 1. The first-order chi connectivity index (χ1) is 11.7. The number of esters is 1. The molecular formula is C22H34O3. The van der Waals surface area contributed by atoms with Crippen LogP contribution in [-0.4, -0.2) is 17.9 Å². The van der Waals surface area contributed by atoms with Crippen molar-refractivity contribution in [3.8, 4) is 0 Å². The van der Waals surface area contributed by atoms with Gasteiger partial charge in [0.1, 0.15) is 0 Å². The van der Waals surface area contributed by atoms with Crippen LogP contribution in [0.4, 0.5) is 0 Å². The molecule has 0 bridgehead atoms. The minimum absolute atomic E-state index is 0.0561. The average molecular weight is 347 g/mol. The van der Waals surface area contributed by atoms with Gasteiger partial charge in [-0.15, -0.1) is 0 Å². The first-order valence-corrected chi connectivity index (χ1v) is 9.51. The third-order valence-electron chi connectivity index (χ3n) is 4.67. The lowest BCUT2D eigenvalue weighted by molar-refractivity contribution is -0.153. The predicted octanol–water partition coefficient (Wildman–Crippen LogP) is 5.58. The Bertz CT molecular complexity index is 578. The van der Waals surface area contributed by atoms with Crippen LogP contribution in [0.15, 0.2) is 12.1 Å². The molecular weight excluding hydrogens is 312 g/mol. The third-order valence-corrected chi connectivity index (χ3v) is 4.67. The number of ketones is 1. The molecule has 1 aromatic rings. The molecule has 0 aliphatic heterocycles.